The summed E-state index contributed by atoms with van der Waals surface area (Å²) in [6, 6.07) is 19.9. The van der Waals surface area contributed by atoms with Gasteiger partial charge in [-0.1, -0.05) is 127 Å². The van der Waals surface area contributed by atoms with E-state index in [1.807, 2.05) is 60.7 Å². The molecule has 0 aliphatic carbocycles. The van der Waals surface area contributed by atoms with Crippen molar-refractivity contribution in [3.05, 3.63) is 83.9 Å². The van der Waals surface area contributed by atoms with Crippen LogP contribution in [0.2, 0.25) is 0 Å². The molecule has 0 saturated carbocycles. The molecule has 0 aliphatic heterocycles. The Morgan fingerprint density at radius 2 is 1.33 bits per heavy atom. The maximum Gasteiger partial charge on any atom is 0.334 e. The van der Waals surface area contributed by atoms with Crippen LogP contribution >= 0.6 is 0 Å². The number of benzene rings is 2. The Kier molecular flexibility index (Phi) is 9.86. The summed E-state index contributed by atoms with van der Waals surface area (Å²) < 4.78 is 6.10. The number of esters is 1. The molecule has 0 aliphatic rings. The minimum atomic E-state index is -0.424. The smallest absolute Gasteiger partial charge is 0.334 e. The van der Waals surface area contributed by atoms with Crippen molar-refractivity contribution in [2.45, 2.75) is 78.2 Å². The number of unbranched alkanes of at least 4 members (excludes halogenated alkanes) is 4. The van der Waals surface area contributed by atoms with Crippen molar-refractivity contribution in [3.63, 3.8) is 0 Å². The third-order valence-corrected chi connectivity index (χ3v) is 6.07. The number of carbonyl (C=O) groups is 1. The molecular formula is C28H38O2. The third kappa shape index (κ3) is 6.86. The molecule has 0 heterocycles. The van der Waals surface area contributed by atoms with Crippen LogP contribution in [0, 0.1) is 5.41 Å². The molecule has 1 unspecified atom stereocenters. The van der Waals surface area contributed by atoms with E-state index in [1.54, 1.807) is 0 Å². The lowest BCUT2D eigenvalue weighted by Crippen LogP contribution is -2.27. The molecule has 0 amide bonds. The normalized spacial score (nSPS) is 13.1. The highest BCUT2D eigenvalue weighted by molar-refractivity contribution is 5.89. The Hall–Kier alpha value is -2.35. The van der Waals surface area contributed by atoms with Crippen LogP contribution in [0.5, 0.6) is 0 Å². The molecule has 0 fully saturated rings. The lowest BCUT2D eigenvalue weighted by molar-refractivity contribution is -0.144. The van der Waals surface area contributed by atoms with Crippen molar-refractivity contribution in [3.8, 4) is 0 Å². The van der Waals surface area contributed by atoms with Crippen LogP contribution in [0.3, 0.4) is 0 Å². The van der Waals surface area contributed by atoms with Crippen LogP contribution in [0.25, 0.3) is 0 Å². The highest BCUT2D eigenvalue weighted by atomic mass is 16.5. The minimum Gasteiger partial charge on any atom is -0.449 e. The Labute approximate surface area is 183 Å². The first-order valence-electron chi connectivity index (χ1n) is 11.5. The van der Waals surface area contributed by atoms with E-state index in [0.29, 0.717) is 5.57 Å². The van der Waals surface area contributed by atoms with E-state index in [1.165, 1.54) is 19.3 Å². The van der Waals surface area contributed by atoms with Gasteiger partial charge < -0.3 is 4.74 Å². The lowest BCUT2D eigenvalue weighted by atomic mass is 9.74. The quantitative estimate of drug-likeness (QED) is 0.191. The summed E-state index contributed by atoms with van der Waals surface area (Å²) in [4.78, 5) is 13.3. The molecule has 0 radical (unpaired) electrons. The lowest BCUT2D eigenvalue weighted by Gasteiger charge is -2.32. The van der Waals surface area contributed by atoms with E-state index >= 15 is 0 Å². The van der Waals surface area contributed by atoms with E-state index in [2.05, 4.69) is 27.4 Å². The Morgan fingerprint density at radius 1 is 0.833 bits per heavy atom. The van der Waals surface area contributed by atoms with Crippen LogP contribution in [0.15, 0.2) is 72.8 Å². The van der Waals surface area contributed by atoms with Gasteiger partial charge >= 0.3 is 5.97 Å². The van der Waals surface area contributed by atoms with E-state index in [0.717, 1.165) is 43.2 Å². The molecule has 0 bridgehead atoms. The van der Waals surface area contributed by atoms with E-state index in [4.69, 9.17) is 4.74 Å². The van der Waals surface area contributed by atoms with Gasteiger partial charge in [-0.25, -0.2) is 4.79 Å². The van der Waals surface area contributed by atoms with Gasteiger partial charge in [0.1, 0.15) is 0 Å². The first kappa shape index (κ1) is 23.9. The average Bonchev–Trinajstić information content (AvgIpc) is 2.79. The van der Waals surface area contributed by atoms with Gasteiger partial charge in [0.25, 0.3) is 0 Å². The highest BCUT2D eigenvalue weighted by Crippen LogP contribution is 2.39. The molecule has 30 heavy (non-hydrogen) atoms. The Morgan fingerprint density at radius 3 is 1.83 bits per heavy atom. The minimum absolute atomic E-state index is 0.210. The average molecular weight is 407 g/mol. The second kappa shape index (κ2) is 12.4. The van der Waals surface area contributed by atoms with Crippen molar-refractivity contribution in [1.29, 1.82) is 0 Å². The van der Waals surface area contributed by atoms with Gasteiger partial charge in [-0.05, 0) is 29.4 Å². The van der Waals surface area contributed by atoms with Crippen LogP contribution in [-0.4, -0.2) is 5.97 Å². The second-order valence-electron chi connectivity index (χ2n) is 8.56. The van der Waals surface area contributed by atoms with E-state index < -0.39 is 6.10 Å². The first-order chi connectivity index (χ1) is 14.5. The van der Waals surface area contributed by atoms with Crippen molar-refractivity contribution in [2.75, 3.05) is 0 Å². The maximum absolute atomic E-state index is 13.3. The Balaban J connectivity index is 2.20. The van der Waals surface area contributed by atoms with Gasteiger partial charge in [-0.3, -0.25) is 0 Å². The molecule has 162 valence electrons. The summed E-state index contributed by atoms with van der Waals surface area (Å²) >= 11 is 0. The maximum atomic E-state index is 13.3. The molecule has 2 nitrogen and oxygen atoms in total. The summed E-state index contributed by atoms with van der Waals surface area (Å²) in [6.45, 7) is 10.9. The largest absolute Gasteiger partial charge is 0.449 e. The second-order valence-corrected chi connectivity index (χ2v) is 8.56. The molecule has 2 rings (SSSR count). The zero-order valence-electron chi connectivity index (χ0n) is 19.0. The number of carbonyl (C=O) groups excluding carboxylic acids is 1. The van der Waals surface area contributed by atoms with Gasteiger partial charge in [0.15, 0.2) is 6.10 Å². The first-order valence-corrected chi connectivity index (χ1v) is 11.5. The van der Waals surface area contributed by atoms with Gasteiger partial charge in [-0.2, -0.15) is 0 Å². The topological polar surface area (TPSA) is 26.3 Å². The fourth-order valence-corrected chi connectivity index (χ4v) is 3.94. The molecule has 0 spiro atoms. The zero-order valence-corrected chi connectivity index (χ0v) is 19.0. The van der Waals surface area contributed by atoms with Crippen molar-refractivity contribution in [2.24, 2.45) is 5.41 Å². The predicted octanol–water partition coefficient (Wildman–Crippen LogP) is 8.04. The summed E-state index contributed by atoms with van der Waals surface area (Å²) in [6.07, 6.45) is 8.54. The Bertz CT molecular complexity index is 726. The van der Waals surface area contributed by atoms with Crippen LogP contribution < -0.4 is 0 Å². The number of ether oxygens (including phenoxy) is 1. The van der Waals surface area contributed by atoms with Crippen molar-refractivity contribution < 1.29 is 9.53 Å². The molecule has 0 aromatic heterocycles. The van der Waals surface area contributed by atoms with E-state index in [9.17, 15) is 4.79 Å². The monoisotopic (exact) mass is 406 g/mol. The molecule has 1 atom stereocenters. The number of rotatable bonds is 13. The third-order valence-electron chi connectivity index (χ3n) is 6.07. The molecule has 0 N–H and O–H groups in total. The van der Waals surface area contributed by atoms with Gasteiger partial charge in [0.2, 0.25) is 0 Å². The van der Waals surface area contributed by atoms with Crippen molar-refractivity contribution in [1.82, 2.24) is 0 Å². The van der Waals surface area contributed by atoms with Gasteiger partial charge in [-0.15, -0.1) is 0 Å². The van der Waals surface area contributed by atoms with Gasteiger partial charge in [0.05, 0.1) is 0 Å². The standard InChI is InChI=1S/C28H38O2/c1-5-7-9-16-22-28(4,21-8-6-2)23(3)27(29)30-26(24-17-12-10-13-18-24)25-19-14-11-15-20-25/h10-15,17-20,26H,3,5-9,16,21-22H2,1-2,4H3. The number of hydrogen-bond acceptors (Lipinski definition) is 2. The fraction of sp³-hybridized carbons (Fsp3) is 0.464. The van der Waals surface area contributed by atoms with Crippen LogP contribution in [-0.2, 0) is 9.53 Å². The van der Waals surface area contributed by atoms with Crippen molar-refractivity contribution >= 4 is 5.97 Å². The summed E-state index contributed by atoms with van der Waals surface area (Å²) in [7, 11) is 0. The summed E-state index contributed by atoms with van der Waals surface area (Å²) in [5, 5.41) is 0. The van der Waals surface area contributed by atoms with E-state index in [-0.39, 0.29) is 11.4 Å². The van der Waals surface area contributed by atoms with Gasteiger partial charge in [0, 0.05) is 5.57 Å². The van der Waals surface area contributed by atoms with Crippen LogP contribution in [0.1, 0.15) is 89.4 Å². The number of hydrogen-bond donors (Lipinski definition) is 0. The summed E-state index contributed by atoms with van der Waals surface area (Å²) in [5.41, 5.74) is 2.36. The SMILES string of the molecule is C=C(C(=O)OC(c1ccccc1)c1ccccc1)C(C)(CCCC)CCCCCC. The molecular weight excluding hydrogens is 368 g/mol. The molecule has 0 saturated heterocycles. The molecule has 2 aromatic carbocycles. The molecule has 2 aromatic rings. The predicted molar refractivity (Wildman–Crippen MR) is 126 cm³/mol. The van der Waals surface area contributed by atoms with Crippen LogP contribution in [0.4, 0.5) is 0 Å². The highest BCUT2D eigenvalue weighted by Gasteiger charge is 2.33. The zero-order chi connectivity index (χ0) is 21.8. The summed E-state index contributed by atoms with van der Waals surface area (Å²) in [5.74, 6) is -0.276. The molecule has 2 heteroatoms. The fourth-order valence-electron chi connectivity index (χ4n) is 3.94.